The van der Waals surface area contributed by atoms with E-state index in [4.69, 9.17) is 9.47 Å². The highest BCUT2D eigenvalue weighted by molar-refractivity contribution is 9.10. The van der Waals surface area contributed by atoms with Crippen LogP contribution in [0.1, 0.15) is 47.8 Å². The van der Waals surface area contributed by atoms with E-state index in [1.807, 2.05) is 19.1 Å². The fourth-order valence-electron chi connectivity index (χ4n) is 4.46. The molecule has 2 aromatic rings. The minimum absolute atomic E-state index is 0.0669. The number of carbonyl (C=O) groups is 2. The van der Waals surface area contributed by atoms with Gasteiger partial charge in [0, 0.05) is 35.6 Å². The third-order valence-corrected chi connectivity index (χ3v) is 6.58. The van der Waals surface area contributed by atoms with Gasteiger partial charge in [-0.05, 0) is 52.9 Å². The number of benzene rings is 2. The molecule has 2 aliphatic rings. The largest absolute Gasteiger partial charge is 0.496 e. The molecule has 1 aliphatic carbocycles. The lowest BCUT2D eigenvalue weighted by atomic mass is 9.73. The average Bonchev–Trinajstić information content (AvgIpc) is 2.73. The van der Waals surface area contributed by atoms with Crippen molar-refractivity contribution in [2.75, 3.05) is 14.2 Å². The lowest BCUT2D eigenvalue weighted by Gasteiger charge is -2.35. The number of nitrogens with one attached hydrogen (secondary N) is 1. The van der Waals surface area contributed by atoms with Gasteiger partial charge in [-0.15, -0.1) is 0 Å². The van der Waals surface area contributed by atoms with Crippen molar-refractivity contribution in [1.29, 1.82) is 0 Å². The molecule has 1 N–H and O–H groups in total. The minimum atomic E-state index is -0.350. The number of allylic oxidation sites excluding steroid dienone is 2. The van der Waals surface area contributed by atoms with E-state index in [0.29, 0.717) is 29.9 Å². The van der Waals surface area contributed by atoms with Gasteiger partial charge in [-0.1, -0.05) is 29.8 Å². The molecule has 0 spiro atoms. The first-order chi connectivity index (χ1) is 14.4. The van der Waals surface area contributed by atoms with Crippen LogP contribution in [0.5, 0.6) is 11.5 Å². The topological polar surface area (TPSA) is 64.6 Å². The molecule has 156 valence electrons. The summed E-state index contributed by atoms with van der Waals surface area (Å²) in [6.45, 7) is 2.04. The number of carbonyl (C=O) groups excluding carboxylic acids is 2. The summed E-state index contributed by atoms with van der Waals surface area (Å²) in [5, 5.41) is 2.98. The van der Waals surface area contributed by atoms with Gasteiger partial charge in [-0.25, -0.2) is 0 Å². The van der Waals surface area contributed by atoms with Crippen LogP contribution in [0.2, 0.25) is 0 Å². The number of ketones is 1. The Morgan fingerprint density at radius 3 is 2.33 bits per heavy atom. The number of Topliss-reactive ketones (excluding diaryl/α,β-unsaturated/α-hetero) is 1. The Hall–Kier alpha value is -2.60. The number of methoxy groups -OCH3 is 2. The first kappa shape index (κ1) is 20.7. The van der Waals surface area contributed by atoms with E-state index >= 15 is 0 Å². The second kappa shape index (κ2) is 8.26. The summed E-state index contributed by atoms with van der Waals surface area (Å²) < 4.78 is 11.8. The van der Waals surface area contributed by atoms with Crippen molar-refractivity contribution in [1.82, 2.24) is 5.32 Å². The Labute approximate surface area is 184 Å². The Morgan fingerprint density at radius 1 is 0.967 bits per heavy atom. The van der Waals surface area contributed by atoms with Crippen molar-refractivity contribution in [2.24, 2.45) is 0 Å². The Morgan fingerprint density at radius 2 is 1.67 bits per heavy atom. The predicted molar refractivity (Wildman–Crippen MR) is 118 cm³/mol. The van der Waals surface area contributed by atoms with Gasteiger partial charge in [0.25, 0.3) is 0 Å². The lowest BCUT2D eigenvalue weighted by molar-refractivity contribution is -0.122. The van der Waals surface area contributed by atoms with Crippen molar-refractivity contribution < 1.29 is 19.1 Å². The van der Waals surface area contributed by atoms with Crippen molar-refractivity contribution in [3.8, 4) is 11.5 Å². The lowest BCUT2D eigenvalue weighted by Crippen LogP contribution is -2.38. The SMILES string of the molecule is COc1cc([C@@H]2CC(=O)NC3=C2C(=O)C[C@@H](c2ccc(C)cc2)C3)c(OC)cc1Br. The van der Waals surface area contributed by atoms with Crippen LogP contribution in [0.15, 0.2) is 52.1 Å². The number of halogens is 1. The number of amides is 1. The molecule has 4 rings (SSSR count). The van der Waals surface area contributed by atoms with Gasteiger partial charge in [0.15, 0.2) is 5.78 Å². The maximum absolute atomic E-state index is 13.3. The van der Waals surface area contributed by atoms with Crippen molar-refractivity contribution in [3.63, 3.8) is 0 Å². The molecule has 1 heterocycles. The van der Waals surface area contributed by atoms with E-state index < -0.39 is 0 Å². The van der Waals surface area contributed by atoms with Crippen molar-refractivity contribution in [3.05, 3.63) is 68.8 Å². The number of hydrogen-bond donors (Lipinski definition) is 1. The summed E-state index contributed by atoms with van der Waals surface area (Å²) in [5.74, 6) is 0.979. The van der Waals surface area contributed by atoms with E-state index in [0.717, 1.165) is 21.3 Å². The molecule has 0 fully saturated rings. The van der Waals surface area contributed by atoms with Crippen LogP contribution in [0.4, 0.5) is 0 Å². The van der Waals surface area contributed by atoms with Gasteiger partial charge in [0.05, 0.1) is 18.7 Å². The molecule has 2 atom stereocenters. The maximum Gasteiger partial charge on any atom is 0.225 e. The summed E-state index contributed by atoms with van der Waals surface area (Å²) in [7, 11) is 3.18. The first-order valence-corrected chi connectivity index (χ1v) is 10.7. The summed E-state index contributed by atoms with van der Waals surface area (Å²) in [4.78, 5) is 25.9. The zero-order valence-corrected chi connectivity index (χ0v) is 18.8. The van der Waals surface area contributed by atoms with E-state index in [9.17, 15) is 9.59 Å². The third-order valence-electron chi connectivity index (χ3n) is 5.96. The number of rotatable bonds is 4. The second-order valence-electron chi connectivity index (χ2n) is 7.86. The molecule has 1 amide bonds. The van der Waals surface area contributed by atoms with Crippen molar-refractivity contribution in [2.45, 2.75) is 38.0 Å². The molecule has 0 saturated carbocycles. The molecule has 5 nitrogen and oxygen atoms in total. The molecule has 0 unspecified atom stereocenters. The maximum atomic E-state index is 13.3. The molecule has 2 aromatic carbocycles. The van der Waals surface area contributed by atoms with Gasteiger partial charge >= 0.3 is 0 Å². The number of aryl methyl sites for hydroxylation is 1. The second-order valence-corrected chi connectivity index (χ2v) is 8.72. The monoisotopic (exact) mass is 469 g/mol. The predicted octanol–water partition coefficient (Wildman–Crippen LogP) is 4.78. The average molecular weight is 470 g/mol. The molecule has 6 heteroatoms. The standard InChI is InChI=1S/C24H24BrNO4/c1-13-4-6-14(7-5-13)15-8-19-24(20(27)9-15)17(11-23(28)26-19)16-10-22(30-3)18(25)12-21(16)29-2/h4-7,10,12,15,17H,8-9,11H2,1-3H3,(H,26,28)/t15-,17-/m0/s1. The number of hydrogen-bond acceptors (Lipinski definition) is 4. The smallest absolute Gasteiger partial charge is 0.225 e. The summed E-state index contributed by atoms with van der Waals surface area (Å²) >= 11 is 3.47. The van der Waals surface area contributed by atoms with Crippen LogP contribution in [-0.4, -0.2) is 25.9 Å². The van der Waals surface area contributed by atoms with Crippen LogP contribution in [0.3, 0.4) is 0 Å². The van der Waals surface area contributed by atoms with Gasteiger partial charge in [-0.2, -0.15) is 0 Å². The fourth-order valence-corrected chi connectivity index (χ4v) is 4.94. The van der Waals surface area contributed by atoms with E-state index in [1.165, 1.54) is 5.56 Å². The van der Waals surface area contributed by atoms with Crippen LogP contribution in [0.25, 0.3) is 0 Å². The molecule has 0 saturated heterocycles. The minimum Gasteiger partial charge on any atom is -0.496 e. The van der Waals surface area contributed by atoms with Gasteiger partial charge in [0.1, 0.15) is 11.5 Å². The van der Waals surface area contributed by atoms with E-state index in [1.54, 1.807) is 14.2 Å². The van der Waals surface area contributed by atoms with Crippen LogP contribution >= 0.6 is 15.9 Å². The summed E-state index contributed by atoms with van der Waals surface area (Å²) in [6.07, 6.45) is 1.29. The van der Waals surface area contributed by atoms with E-state index in [-0.39, 0.29) is 29.9 Å². The van der Waals surface area contributed by atoms with Crippen LogP contribution in [0, 0.1) is 6.92 Å². The highest BCUT2D eigenvalue weighted by atomic mass is 79.9. The highest BCUT2D eigenvalue weighted by Gasteiger charge is 2.39. The number of ether oxygens (including phenoxy) is 2. The molecule has 0 bridgehead atoms. The van der Waals surface area contributed by atoms with E-state index in [2.05, 4.69) is 45.5 Å². The summed E-state index contributed by atoms with van der Waals surface area (Å²) in [5.41, 5.74) is 4.53. The Bertz CT molecular complexity index is 1040. The Kier molecular flexibility index (Phi) is 5.69. The molecular formula is C24H24BrNO4. The first-order valence-electron chi connectivity index (χ1n) is 9.95. The van der Waals surface area contributed by atoms with Crippen LogP contribution in [-0.2, 0) is 9.59 Å². The third kappa shape index (κ3) is 3.76. The molecule has 0 aromatic heterocycles. The van der Waals surface area contributed by atoms with Crippen molar-refractivity contribution >= 4 is 27.6 Å². The quantitative estimate of drug-likeness (QED) is 0.699. The molecule has 1 aliphatic heterocycles. The Balaban J connectivity index is 1.77. The van der Waals surface area contributed by atoms with Gasteiger partial charge < -0.3 is 14.8 Å². The van der Waals surface area contributed by atoms with Gasteiger partial charge in [0.2, 0.25) is 5.91 Å². The highest BCUT2D eigenvalue weighted by Crippen LogP contribution is 2.46. The van der Waals surface area contributed by atoms with Gasteiger partial charge in [-0.3, -0.25) is 9.59 Å². The molecule has 30 heavy (non-hydrogen) atoms. The normalized spacial score (nSPS) is 21.2. The summed E-state index contributed by atoms with van der Waals surface area (Å²) in [6, 6.07) is 11.9. The fraction of sp³-hybridized carbons (Fsp3) is 0.333. The molecular weight excluding hydrogens is 446 g/mol. The zero-order valence-electron chi connectivity index (χ0n) is 17.3. The molecule has 0 radical (unpaired) electrons. The zero-order chi connectivity index (χ0) is 21.4. The van der Waals surface area contributed by atoms with Crippen LogP contribution < -0.4 is 14.8 Å².